The van der Waals surface area contributed by atoms with Crippen molar-refractivity contribution in [1.82, 2.24) is 10.3 Å². The van der Waals surface area contributed by atoms with Crippen LogP contribution in [0, 0.1) is 5.92 Å². The molecule has 0 saturated heterocycles. The summed E-state index contributed by atoms with van der Waals surface area (Å²) in [6, 6.07) is 0.579. The van der Waals surface area contributed by atoms with Crippen LogP contribution in [0.4, 0.5) is 5.13 Å². The van der Waals surface area contributed by atoms with Gasteiger partial charge in [-0.1, -0.05) is 0 Å². The third-order valence-electron chi connectivity index (χ3n) is 4.04. The summed E-state index contributed by atoms with van der Waals surface area (Å²) in [5.74, 6) is 0.848. The number of thiazole rings is 1. The molecule has 4 nitrogen and oxygen atoms in total. The van der Waals surface area contributed by atoms with E-state index in [1.54, 1.807) is 18.4 Å². The third-order valence-corrected chi connectivity index (χ3v) is 5.23. The van der Waals surface area contributed by atoms with Crippen molar-refractivity contribution in [2.45, 2.75) is 65.3 Å². The van der Waals surface area contributed by atoms with E-state index >= 15 is 0 Å². The average molecular weight is 311 g/mol. The number of aromatic nitrogens is 1. The lowest BCUT2D eigenvalue weighted by atomic mass is 10.1. The van der Waals surface area contributed by atoms with Crippen molar-refractivity contribution in [2.75, 3.05) is 19.1 Å². The van der Waals surface area contributed by atoms with Gasteiger partial charge in [-0.3, -0.25) is 0 Å². The van der Waals surface area contributed by atoms with Crippen molar-refractivity contribution in [3.8, 4) is 0 Å². The van der Waals surface area contributed by atoms with Gasteiger partial charge in [0.15, 0.2) is 5.13 Å². The van der Waals surface area contributed by atoms with Crippen molar-refractivity contribution in [2.24, 2.45) is 5.92 Å². The van der Waals surface area contributed by atoms with Gasteiger partial charge in [-0.2, -0.15) is 0 Å². The molecule has 1 unspecified atom stereocenters. The molecule has 1 aromatic rings. The van der Waals surface area contributed by atoms with Crippen molar-refractivity contribution in [3.05, 3.63) is 10.6 Å². The summed E-state index contributed by atoms with van der Waals surface area (Å²) in [6.07, 6.45) is 2.72. The summed E-state index contributed by atoms with van der Waals surface area (Å²) in [4.78, 5) is 8.44. The molecule has 1 fully saturated rings. The molecule has 0 aliphatic heterocycles. The van der Waals surface area contributed by atoms with Crippen LogP contribution in [-0.2, 0) is 17.9 Å². The highest BCUT2D eigenvalue weighted by Crippen LogP contribution is 2.37. The summed E-state index contributed by atoms with van der Waals surface area (Å²) in [7, 11) is 3.90. The second-order valence-corrected chi connectivity index (χ2v) is 8.15. The molecule has 1 atom stereocenters. The predicted molar refractivity (Wildman–Crippen MR) is 90.0 cm³/mol. The van der Waals surface area contributed by atoms with E-state index < -0.39 is 0 Å². The molecule has 1 aliphatic carbocycles. The van der Waals surface area contributed by atoms with Crippen LogP contribution in [0.2, 0.25) is 0 Å². The zero-order valence-electron chi connectivity index (χ0n) is 14.2. The number of methoxy groups -OCH3 is 1. The molecule has 0 bridgehead atoms. The number of ether oxygens (including phenoxy) is 1. The number of nitrogens with one attached hydrogen (secondary N) is 1. The summed E-state index contributed by atoms with van der Waals surface area (Å²) < 4.78 is 5.31. The van der Waals surface area contributed by atoms with Crippen LogP contribution >= 0.6 is 11.3 Å². The Labute approximate surface area is 132 Å². The highest BCUT2D eigenvalue weighted by Gasteiger charge is 2.32. The highest BCUT2D eigenvalue weighted by atomic mass is 32.1. The number of nitrogens with zero attached hydrogens (tertiary/aromatic N) is 2. The fourth-order valence-corrected chi connectivity index (χ4v) is 3.38. The molecule has 0 aromatic carbocycles. The predicted octanol–water partition coefficient (Wildman–Crippen LogP) is 3.41. The Morgan fingerprint density at radius 1 is 1.43 bits per heavy atom. The van der Waals surface area contributed by atoms with Gasteiger partial charge >= 0.3 is 0 Å². The molecular weight excluding hydrogens is 282 g/mol. The second kappa shape index (κ2) is 6.63. The molecule has 21 heavy (non-hydrogen) atoms. The summed E-state index contributed by atoms with van der Waals surface area (Å²) in [5, 5.41) is 4.67. The quantitative estimate of drug-likeness (QED) is 0.837. The minimum absolute atomic E-state index is 0.113. The van der Waals surface area contributed by atoms with E-state index in [0.29, 0.717) is 12.6 Å². The topological polar surface area (TPSA) is 37.4 Å². The van der Waals surface area contributed by atoms with Gasteiger partial charge in [0.2, 0.25) is 0 Å². The van der Waals surface area contributed by atoms with E-state index in [2.05, 4.69) is 45.0 Å². The number of hydrogen-bond acceptors (Lipinski definition) is 5. The lowest BCUT2D eigenvalue weighted by molar-refractivity contribution is 0.181. The van der Waals surface area contributed by atoms with Gasteiger partial charge < -0.3 is 15.0 Å². The molecule has 1 saturated carbocycles. The average Bonchev–Trinajstić information content (AvgIpc) is 3.17. The van der Waals surface area contributed by atoms with Crippen LogP contribution < -0.4 is 10.2 Å². The minimum atomic E-state index is 0.113. The maximum atomic E-state index is 5.31. The molecule has 1 aliphatic rings. The first-order chi connectivity index (χ1) is 9.81. The van der Waals surface area contributed by atoms with Crippen LogP contribution in [0.3, 0.4) is 0 Å². The largest absolute Gasteiger partial charge is 0.378 e. The van der Waals surface area contributed by atoms with E-state index in [9.17, 15) is 0 Å². The monoisotopic (exact) mass is 311 g/mol. The first-order valence-electron chi connectivity index (χ1n) is 7.77. The normalized spacial score (nSPS) is 17.0. The number of hydrogen-bond donors (Lipinski definition) is 1. The Balaban J connectivity index is 2.11. The minimum Gasteiger partial charge on any atom is -0.378 e. The molecule has 1 heterocycles. The Kier molecular flexibility index (Phi) is 5.28. The van der Waals surface area contributed by atoms with E-state index in [4.69, 9.17) is 9.72 Å². The Hall–Kier alpha value is -0.650. The zero-order valence-corrected chi connectivity index (χ0v) is 15.0. The lowest BCUT2D eigenvalue weighted by Gasteiger charge is -2.24. The lowest BCUT2D eigenvalue weighted by Crippen LogP contribution is -2.35. The van der Waals surface area contributed by atoms with Gasteiger partial charge in [-0.25, -0.2) is 4.98 Å². The van der Waals surface area contributed by atoms with Crippen molar-refractivity contribution >= 4 is 16.5 Å². The second-order valence-electron chi connectivity index (χ2n) is 7.09. The van der Waals surface area contributed by atoms with Crippen molar-refractivity contribution in [1.29, 1.82) is 0 Å². The summed E-state index contributed by atoms with van der Waals surface area (Å²) in [6.45, 7) is 10.3. The molecule has 2 rings (SSSR count). The molecule has 120 valence electrons. The van der Waals surface area contributed by atoms with Gasteiger partial charge in [0.05, 0.1) is 12.3 Å². The molecule has 5 heteroatoms. The van der Waals surface area contributed by atoms with Crippen molar-refractivity contribution < 1.29 is 4.74 Å². The number of anilines is 1. The van der Waals surface area contributed by atoms with Crippen molar-refractivity contribution in [3.63, 3.8) is 0 Å². The standard InChI is InChI=1S/C16H29N3OS/c1-11(12-7-8-12)19(5)15-18-13(10-20-6)14(21-15)9-17-16(2,3)4/h11-12,17H,7-10H2,1-6H3. The highest BCUT2D eigenvalue weighted by molar-refractivity contribution is 7.15. The van der Waals surface area contributed by atoms with E-state index in [1.807, 2.05) is 0 Å². The third kappa shape index (κ3) is 4.66. The first kappa shape index (κ1) is 16.7. The van der Waals surface area contributed by atoms with Crippen LogP contribution in [0.5, 0.6) is 0 Å². The van der Waals surface area contributed by atoms with Crippen LogP contribution in [0.15, 0.2) is 0 Å². The van der Waals surface area contributed by atoms with E-state index in [0.717, 1.165) is 23.3 Å². The molecule has 0 radical (unpaired) electrons. The summed E-state index contributed by atoms with van der Waals surface area (Å²) in [5.41, 5.74) is 1.19. The molecule has 1 aromatic heterocycles. The SMILES string of the molecule is COCc1nc(N(C)C(C)C2CC2)sc1CNC(C)(C)C. The Morgan fingerprint density at radius 2 is 2.10 bits per heavy atom. The van der Waals surface area contributed by atoms with E-state index in [1.165, 1.54) is 17.7 Å². The molecule has 0 spiro atoms. The Bertz CT molecular complexity index is 463. The first-order valence-corrected chi connectivity index (χ1v) is 8.59. The molecular formula is C16H29N3OS. The zero-order chi connectivity index (χ0) is 15.6. The fourth-order valence-electron chi connectivity index (χ4n) is 2.32. The van der Waals surface area contributed by atoms with Crippen LogP contribution in [0.1, 0.15) is 51.1 Å². The fraction of sp³-hybridized carbons (Fsp3) is 0.812. The number of rotatable bonds is 7. The van der Waals surface area contributed by atoms with Gasteiger partial charge in [-0.05, 0) is 46.5 Å². The van der Waals surface area contributed by atoms with Gasteiger partial charge in [0.25, 0.3) is 0 Å². The summed E-state index contributed by atoms with van der Waals surface area (Å²) >= 11 is 1.79. The van der Waals surface area contributed by atoms with Gasteiger partial charge in [0, 0.05) is 37.2 Å². The Morgan fingerprint density at radius 3 is 2.62 bits per heavy atom. The smallest absolute Gasteiger partial charge is 0.185 e. The van der Waals surface area contributed by atoms with Crippen LogP contribution in [-0.4, -0.2) is 30.7 Å². The maximum Gasteiger partial charge on any atom is 0.185 e. The van der Waals surface area contributed by atoms with E-state index in [-0.39, 0.29) is 5.54 Å². The molecule has 1 N–H and O–H groups in total. The van der Waals surface area contributed by atoms with Gasteiger partial charge in [0.1, 0.15) is 0 Å². The molecule has 0 amide bonds. The van der Waals surface area contributed by atoms with Gasteiger partial charge in [-0.15, -0.1) is 11.3 Å². The maximum absolute atomic E-state index is 5.31. The van der Waals surface area contributed by atoms with Crippen LogP contribution in [0.25, 0.3) is 0 Å².